The Hall–Kier alpha value is -1.31. The normalized spacial score (nSPS) is 17.9. The van der Waals surface area contributed by atoms with E-state index in [1.54, 1.807) is 12.4 Å². The van der Waals surface area contributed by atoms with Crippen molar-refractivity contribution in [2.24, 2.45) is 5.73 Å². The van der Waals surface area contributed by atoms with Gasteiger partial charge in [0.25, 0.3) is 0 Å². The van der Waals surface area contributed by atoms with Crippen LogP contribution in [0.2, 0.25) is 0 Å². The smallest absolute Gasteiger partial charge is 0.221 e. The number of amides is 1. The van der Waals surface area contributed by atoms with E-state index in [0.29, 0.717) is 0 Å². The standard InChI is InChI=1S/C13H16BrN5O.ClH/c1-7(20)18-10-5-17-13-11(10)12(9(14)4-16-13)19-3-2-8(15)6-19;/h4-5,8H,2-3,6,15H2,1H3,(H,16,17)(H,18,20);1H/t8-;/m0./s1. The van der Waals surface area contributed by atoms with Crippen molar-refractivity contribution in [1.82, 2.24) is 9.97 Å². The van der Waals surface area contributed by atoms with Gasteiger partial charge in [-0.1, -0.05) is 0 Å². The third-order valence-electron chi connectivity index (χ3n) is 3.48. The highest BCUT2D eigenvalue weighted by atomic mass is 79.9. The molecule has 1 aliphatic heterocycles. The first-order valence-electron chi connectivity index (χ1n) is 6.50. The number of pyridine rings is 1. The Morgan fingerprint density at radius 3 is 3.00 bits per heavy atom. The van der Waals surface area contributed by atoms with E-state index in [2.05, 4.69) is 36.1 Å². The van der Waals surface area contributed by atoms with Gasteiger partial charge in [0, 0.05) is 38.4 Å². The summed E-state index contributed by atoms with van der Waals surface area (Å²) in [7, 11) is 0. The maximum absolute atomic E-state index is 11.3. The van der Waals surface area contributed by atoms with Gasteiger partial charge in [-0.3, -0.25) is 4.79 Å². The summed E-state index contributed by atoms with van der Waals surface area (Å²) < 4.78 is 0.908. The second-order valence-electron chi connectivity index (χ2n) is 5.06. The molecule has 3 heterocycles. The van der Waals surface area contributed by atoms with Crippen molar-refractivity contribution < 1.29 is 4.79 Å². The number of hydrogen-bond acceptors (Lipinski definition) is 4. The summed E-state index contributed by atoms with van der Waals surface area (Å²) >= 11 is 3.56. The minimum atomic E-state index is -0.102. The van der Waals surface area contributed by atoms with Gasteiger partial charge in [0.05, 0.1) is 21.2 Å². The summed E-state index contributed by atoms with van der Waals surface area (Å²) in [6.07, 6.45) is 4.51. The lowest BCUT2D eigenvalue weighted by Crippen LogP contribution is -2.26. The molecule has 1 fully saturated rings. The summed E-state index contributed by atoms with van der Waals surface area (Å²) in [6.45, 7) is 3.21. The van der Waals surface area contributed by atoms with E-state index in [0.717, 1.165) is 46.4 Å². The third kappa shape index (κ3) is 3.00. The van der Waals surface area contributed by atoms with Gasteiger partial charge in [-0.25, -0.2) is 4.98 Å². The summed E-state index contributed by atoms with van der Waals surface area (Å²) in [6, 6.07) is 0.188. The van der Waals surface area contributed by atoms with Crippen LogP contribution in [-0.2, 0) is 4.79 Å². The largest absolute Gasteiger partial charge is 0.368 e. The van der Waals surface area contributed by atoms with Gasteiger partial charge in [0.2, 0.25) is 5.91 Å². The molecule has 4 N–H and O–H groups in total. The van der Waals surface area contributed by atoms with Crippen LogP contribution >= 0.6 is 28.3 Å². The van der Waals surface area contributed by atoms with Crippen molar-refractivity contribution in [1.29, 1.82) is 0 Å². The minimum absolute atomic E-state index is 0. The van der Waals surface area contributed by atoms with Crippen LogP contribution in [0.15, 0.2) is 16.9 Å². The fourth-order valence-corrected chi connectivity index (χ4v) is 3.19. The lowest BCUT2D eigenvalue weighted by atomic mass is 10.2. The number of nitrogens with zero attached hydrogens (tertiary/aromatic N) is 2. The number of carbonyl (C=O) groups is 1. The van der Waals surface area contributed by atoms with Crippen LogP contribution in [0, 0.1) is 0 Å². The Balaban J connectivity index is 0.00000161. The third-order valence-corrected chi connectivity index (χ3v) is 4.06. The predicted octanol–water partition coefficient (Wildman–Crippen LogP) is 2.24. The first-order valence-corrected chi connectivity index (χ1v) is 7.29. The highest BCUT2D eigenvalue weighted by molar-refractivity contribution is 9.10. The van der Waals surface area contributed by atoms with Gasteiger partial charge < -0.3 is 20.9 Å². The maximum atomic E-state index is 11.3. The van der Waals surface area contributed by atoms with Crippen LogP contribution < -0.4 is 16.0 Å². The Kier molecular flexibility index (Phi) is 4.75. The molecule has 0 saturated carbocycles. The number of nitrogens with one attached hydrogen (secondary N) is 2. The quantitative estimate of drug-likeness (QED) is 0.752. The van der Waals surface area contributed by atoms with Gasteiger partial charge in [-0.15, -0.1) is 12.4 Å². The number of anilines is 2. The molecule has 1 amide bonds. The van der Waals surface area contributed by atoms with Gasteiger partial charge in [-0.2, -0.15) is 0 Å². The SMILES string of the molecule is CC(=O)Nc1c[nH]c2ncc(Br)c(N3CC[C@H](N)C3)c12.Cl. The molecule has 0 aromatic carbocycles. The zero-order valence-electron chi connectivity index (χ0n) is 11.5. The molecule has 0 unspecified atom stereocenters. The molecule has 0 bridgehead atoms. The zero-order chi connectivity index (χ0) is 14.3. The lowest BCUT2D eigenvalue weighted by Gasteiger charge is -2.21. The molecular formula is C13H17BrClN5O. The molecule has 1 saturated heterocycles. The number of carbonyl (C=O) groups excluding carboxylic acids is 1. The van der Waals surface area contributed by atoms with Gasteiger partial charge in [-0.05, 0) is 22.4 Å². The van der Waals surface area contributed by atoms with Gasteiger partial charge >= 0.3 is 0 Å². The lowest BCUT2D eigenvalue weighted by molar-refractivity contribution is -0.114. The highest BCUT2D eigenvalue weighted by Crippen LogP contribution is 2.38. The molecule has 3 rings (SSSR count). The van der Waals surface area contributed by atoms with Crippen molar-refractivity contribution in [3.05, 3.63) is 16.9 Å². The van der Waals surface area contributed by atoms with E-state index in [-0.39, 0.29) is 24.4 Å². The Morgan fingerprint density at radius 2 is 2.38 bits per heavy atom. The molecule has 2 aromatic heterocycles. The van der Waals surface area contributed by atoms with E-state index in [1.807, 2.05) is 0 Å². The first kappa shape index (κ1) is 16.1. The topological polar surface area (TPSA) is 87.0 Å². The van der Waals surface area contributed by atoms with Crippen LogP contribution in [0.3, 0.4) is 0 Å². The van der Waals surface area contributed by atoms with E-state index < -0.39 is 0 Å². The average Bonchev–Trinajstić information content (AvgIpc) is 2.96. The number of halogens is 2. The van der Waals surface area contributed by atoms with Crippen molar-refractivity contribution in [3.63, 3.8) is 0 Å². The molecule has 2 aromatic rings. The zero-order valence-corrected chi connectivity index (χ0v) is 13.9. The molecule has 6 nitrogen and oxygen atoms in total. The van der Waals surface area contributed by atoms with E-state index in [1.165, 1.54) is 6.92 Å². The second kappa shape index (κ2) is 6.21. The number of aromatic nitrogens is 2. The fourth-order valence-electron chi connectivity index (χ4n) is 2.64. The van der Waals surface area contributed by atoms with Gasteiger partial charge in [0.15, 0.2) is 0 Å². The summed E-state index contributed by atoms with van der Waals surface area (Å²) in [5.74, 6) is -0.102. The number of aromatic amines is 1. The summed E-state index contributed by atoms with van der Waals surface area (Å²) in [5, 5.41) is 3.76. The monoisotopic (exact) mass is 373 g/mol. The molecule has 0 spiro atoms. The number of H-pyrrole nitrogens is 1. The molecular weight excluding hydrogens is 358 g/mol. The summed E-state index contributed by atoms with van der Waals surface area (Å²) in [4.78, 5) is 21.0. The molecule has 0 radical (unpaired) electrons. The van der Waals surface area contributed by atoms with Crippen molar-refractivity contribution in [2.45, 2.75) is 19.4 Å². The Morgan fingerprint density at radius 1 is 1.62 bits per heavy atom. The Bertz CT molecular complexity index is 674. The van der Waals surface area contributed by atoms with Gasteiger partial charge in [0.1, 0.15) is 5.65 Å². The van der Waals surface area contributed by atoms with E-state index >= 15 is 0 Å². The maximum Gasteiger partial charge on any atom is 0.221 e. The highest BCUT2D eigenvalue weighted by Gasteiger charge is 2.25. The molecule has 21 heavy (non-hydrogen) atoms. The molecule has 1 aliphatic rings. The van der Waals surface area contributed by atoms with Crippen LogP contribution in [0.4, 0.5) is 11.4 Å². The number of nitrogens with two attached hydrogens (primary N) is 1. The molecule has 1 atom stereocenters. The summed E-state index contributed by atoms with van der Waals surface area (Å²) in [5.41, 5.74) is 8.54. The average molecular weight is 375 g/mol. The minimum Gasteiger partial charge on any atom is -0.368 e. The first-order chi connectivity index (χ1) is 9.56. The second-order valence-corrected chi connectivity index (χ2v) is 5.91. The molecule has 8 heteroatoms. The van der Waals surface area contributed by atoms with E-state index in [9.17, 15) is 4.79 Å². The molecule has 114 valence electrons. The van der Waals surface area contributed by atoms with Crippen LogP contribution in [-0.4, -0.2) is 35.0 Å². The fraction of sp³-hybridized carbons (Fsp3) is 0.385. The van der Waals surface area contributed by atoms with Crippen molar-refractivity contribution in [3.8, 4) is 0 Å². The molecule has 0 aliphatic carbocycles. The number of hydrogen-bond donors (Lipinski definition) is 3. The number of rotatable bonds is 2. The van der Waals surface area contributed by atoms with Crippen LogP contribution in [0.5, 0.6) is 0 Å². The van der Waals surface area contributed by atoms with E-state index in [4.69, 9.17) is 5.73 Å². The van der Waals surface area contributed by atoms with Crippen LogP contribution in [0.1, 0.15) is 13.3 Å². The Labute approximate surface area is 137 Å². The van der Waals surface area contributed by atoms with Crippen molar-refractivity contribution in [2.75, 3.05) is 23.3 Å². The predicted molar refractivity (Wildman–Crippen MR) is 90.2 cm³/mol. The van der Waals surface area contributed by atoms with Crippen LogP contribution in [0.25, 0.3) is 11.0 Å². The number of fused-ring (bicyclic) bond motifs is 1. The van der Waals surface area contributed by atoms with Crippen molar-refractivity contribution >= 4 is 56.7 Å².